The Labute approximate surface area is 141 Å². The first kappa shape index (κ1) is 18.6. The highest BCUT2D eigenvalue weighted by molar-refractivity contribution is 7.89. The number of hydrogen-bond acceptors (Lipinski definition) is 3. The zero-order chi connectivity index (χ0) is 18.5. The van der Waals surface area contributed by atoms with E-state index in [-0.39, 0.29) is 24.7 Å². The van der Waals surface area contributed by atoms with Crippen LogP contribution in [-0.4, -0.2) is 47.5 Å². The molecule has 1 saturated carbocycles. The fraction of sp³-hybridized carbons (Fsp3) is 0.786. The molecule has 0 radical (unpaired) electrons. The van der Waals surface area contributed by atoms with Gasteiger partial charge in [-0.1, -0.05) is 0 Å². The van der Waals surface area contributed by atoms with Crippen LogP contribution in [0.2, 0.25) is 0 Å². The molecule has 0 spiro atoms. The summed E-state index contributed by atoms with van der Waals surface area (Å²) in [5.74, 6) is -4.07. The Bertz CT molecular complexity index is 723. The van der Waals surface area contributed by atoms with Crippen molar-refractivity contribution in [1.82, 2.24) is 14.3 Å². The molecule has 1 aliphatic heterocycles. The number of rotatable bonds is 4. The maximum atomic E-state index is 12.9. The fourth-order valence-corrected chi connectivity index (χ4v) is 5.27. The van der Waals surface area contributed by atoms with E-state index in [9.17, 15) is 30.4 Å². The third kappa shape index (κ3) is 4.13. The maximum Gasteiger partial charge on any atom is 0.432 e. The number of hydrogen-bond donors (Lipinski definition) is 1. The summed E-state index contributed by atoms with van der Waals surface area (Å²) < 4.78 is 89.7. The molecule has 1 atom stereocenters. The van der Waals surface area contributed by atoms with Crippen LogP contribution in [0.1, 0.15) is 43.1 Å². The monoisotopic (exact) mass is 387 g/mol. The van der Waals surface area contributed by atoms with Crippen molar-refractivity contribution in [3.05, 3.63) is 17.7 Å². The molecule has 25 heavy (non-hydrogen) atoms. The summed E-state index contributed by atoms with van der Waals surface area (Å²) in [6, 6.07) is 0. The molecule has 0 amide bonds. The highest BCUT2D eigenvalue weighted by Crippen LogP contribution is 2.43. The molecule has 1 saturated heterocycles. The normalized spacial score (nSPS) is 25.7. The van der Waals surface area contributed by atoms with E-state index in [1.165, 1.54) is 4.31 Å². The summed E-state index contributed by atoms with van der Waals surface area (Å²) >= 11 is 0. The molecule has 2 fully saturated rings. The van der Waals surface area contributed by atoms with E-state index in [1.807, 2.05) is 0 Å². The van der Waals surface area contributed by atoms with Crippen LogP contribution in [0.3, 0.4) is 0 Å². The van der Waals surface area contributed by atoms with E-state index in [0.29, 0.717) is 19.0 Å². The Balaban J connectivity index is 1.65. The van der Waals surface area contributed by atoms with Crippen LogP contribution in [0, 0.1) is 5.92 Å². The Kier molecular flexibility index (Phi) is 4.59. The molecule has 2 aliphatic rings. The summed E-state index contributed by atoms with van der Waals surface area (Å²) in [5, 5.41) is 0. The van der Waals surface area contributed by atoms with Crippen LogP contribution >= 0.6 is 0 Å². The lowest BCUT2D eigenvalue weighted by molar-refractivity contribution is -0.141. The van der Waals surface area contributed by atoms with Gasteiger partial charge in [0.25, 0.3) is 0 Å². The topological polar surface area (TPSA) is 66.1 Å². The number of nitrogens with zero attached hydrogens (tertiary/aromatic N) is 2. The van der Waals surface area contributed by atoms with Crippen molar-refractivity contribution < 1.29 is 30.4 Å². The van der Waals surface area contributed by atoms with Gasteiger partial charge in [0.15, 0.2) is 0 Å². The van der Waals surface area contributed by atoms with Gasteiger partial charge in [-0.3, -0.25) is 0 Å². The highest BCUT2D eigenvalue weighted by atomic mass is 32.2. The lowest BCUT2D eigenvalue weighted by Gasteiger charge is -2.37. The first-order valence-electron chi connectivity index (χ1n) is 7.94. The second-order valence-corrected chi connectivity index (χ2v) is 8.80. The van der Waals surface area contributed by atoms with Crippen molar-refractivity contribution >= 4 is 10.0 Å². The van der Waals surface area contributed by atoms with Gasteiger partial charge >= 0.3 is 6.18 Å². The van der Waals surface area contributed by atoms with Crippen LogP contribution < -0.4 is 0 Å². The third-order valence-corrected chi connectivity index (χ3v) is 6.70. The largest absolute Gasteiger partial charge is 0.432 e. The minimum Gasteiger partial charge on any atom is -0.338 e. The fourth-order valence-electron chi connectivity index (χ4n) is 3.41. The van der Waals surface area contributed by atoms with Gasteiger partial charge < -0.3 is 4.98 Å². The van der Waals surface area contributed by atoms with E-state index in [1.54, 1.807) is 0 Å². The number of aromatic nitrogens is 2. The number of sulfonamides is 1. The van der Waals surface area contributed by atoms with Gasteiger partial charge in [-0.2, -0.15) is 13.2 Å². The minimum atomic E-state index is -4.54. The molecule has 2 heterocycles. The Morgan fingerprint density at radius 3 is 2.56 bits per heavy atom. The molecule has 1 N–H and O–H groups in total. The second-order valence-electron chi connectivity index (χ2n) is 6.79. The van der Waals surface area contributed by atoms with Gasteiger partial charge in [-0.05, 0) is 18.8 Å². The van der Waals surface area contributed by atoms with Gasteiger partial charge in [0.1, 0.15) is 11.5 Å². The molecule has 1 aromatic rings. The average molecular weight is 387 g/mol. The quantitative estimate of drug-likeness (QED) is 0.808. The number of H-pyrrole nitrogens is 1. The van der Waals surface area contributed by atoms with E-state index < -0.39 is 52.5 Å². The summed E-state index contributed by atoms with van der Waals surface area (Å²) in [4.78, 5) is 5.95. The maximum absolute atomic E-state index is 12.9. The molecule has 11 heteroatoms. The second kappa shape index (κ2) is 6.19. The Morgan fingerprint density at radius 1 is 1.32 bits per heavy atom. The molecule has 5 nitrogen and oxygen atoms in total. The molecule has 0 bridgehead atoms. The number of aromatic amines is 1. The first-order chi connectivity index (χ1) is 11.5. The Hall–Kier alpha value is -1.23. The average Bonchev–Trinajstić information content (AvgIpc) is 2.95. The number of halogens is 5. The van der Waals surface area contributed by atoms with Crippen LogP contribution in [0.25, 0.3) is 0 Å². The van der Waals surface area contributed by atoms with E-state index >= 15 is 0 Å². The van der Waals surface area contributed by atoms with Crippen molar-refractivity contribution in [2.24, 2.45) is 5.92 Å². The zero-order valence-electron chi connectivity index (χ0n) is 13.2. The number of imidazole rings is 1. The highest BCUT2D eigenvalue weighted by Gasteiger charge is 2.47. The summed E-state index contributed by atoms with van der Waals surface area (Å²) in [5.41, 5.74) is -0.973. The lowest BCUT2D eigenvalue weighted by Crippen LogP contribution is -2.45. The van der Waals surface area contributed by atoms with Crippen molar-refractivity contribution in [2.45, 2.75) is 43.7 Å². The number of nitrogens with one attached hydrogen (secondary N) is 1. The zero-order valence-corrected chi connectivity index (χ0v) is 14.0. The first-order valence-corrected chi connectivity index (χ1v) is 9.55. The summed E-state index contributed by atoms with van der Waals surface area (Å²) in [6.07, 6.45) is -3.72. The van der Waals surface area contributed by atoms with Crippen molar-refractivity contribution in [3.8, 4) is 0 Å². The van der Waals surface area contributed by atoms with Gasteiger partial charge in [0, 0.05) is 31.8 Å². The molecule has 0 unspecified atom stereocenters. The molecule has 1 aliphatic carbocycles. The van der Waals surface area contributed by atoms with Gasteiger partial charge in [0.05, 0.1) is 11.9 Å². The molecular weight excluding hydrogens is 369 g/mol. The van der Waals surface area contributed by atoms with Crippen LogP contribution in [-0.2, 0) is 16.2 Å². The molecule has 1 aromatic heterocycles. The third-order valence-electron chi connectivity index (χ3n) is 4.69. The van der Waals surface area contributed by atoms with Crippen molar-refractivity contribution in [3.63, 3.8) is 0 Å². The Morgan fingerprint density at radius 2 is 2.00 bits per heavy atom. The standard InChI is InChI=1S/C14H18F5N3O2S/c15-13(16)4-9(5-13)8-25(23,24)22-3-1-2-10(7-22)12-20-6-11(21-12)14(17,18)19/h6,9-10H,1-5,7-8H2,(H,20,21)/t10-/m0/s1. The summed E-state index contributed by atoms with van der Waals surface area (Å²) in [7, 11) is -3.72. The molecular formula is C14H18F5N3O2S. The SMILES string of the molecule is O=S(=O)(CC1CC(F)(F)C1)N1CCC[C@H](c2ncc(C(F)(F)F)[nH]2)C1. The van der Waals surface area contributed by atoms with E-state index in [2.05, 4.69) is 9.97 Å². The van der Waals surface area contributed by atoms with Crippen molar-refractivity contribution in [1.29, 1.82) is 0 Å². The van der Waals surface area contributed by atoms with Crippen LogP contribution in [0.15, 0.2) is 6.20 Å². The van der Waals surface area contributed by atoms with E-state index in [0.717, 1.165) is 0 Å². The predicted octanol–water partition coefficient (Wildman–Crippen LogP) is 2.98. The van der Waals surface area contributed by atoms with Gasteiger partial charge in [-0.25, -0.2) is 26.5 Å². The lowest BCUT2D eigenvalue weighted by atomic mass is 9.83. The molecule has 0 aromatic carbocycles. The van der Waals surface area contributed by atoms with Crippen molar-refractivity contribution in [2.75, 3.05) is 18.8 Å². The predicted molar refractivity (Wildman–Crippen MR) is 78.6 cm³/mol. The van der Waals surface area contributed by atoms with Gasteiger partial charge in [0.2, 0.25) is 15.9 Å². The minimum absolute atomic E-state index is 0.0102. The molecule has 142 valence electrons. The van der Waals surface area contributed by atoms with Gasteiger partial charge in [-0.15, -0.1) is 0 Å². The molecule has 3 rings (SSSR count). The number of piperidine rings is 1. The van der Waals surface area contributed by atoms with Crippen LogP contribution in [0.4, 0.5) is 22.0 Å². The summed E-state index contributed by atoms with van der Waals surface area (Å²) in [6.45, 7) is 0.255. The van der Waals surface area contributed by atoms with E-state index in [4.69, 9.17) is 0 Å². The smallest absolute Gasteiger partial charge is 0.338 e. The number of alkyl halides is 5. The van der Waals surface area contributed by atoms with Crippen LogP contribution in [0.5, 0.6) is 0 Å².